The number of ether oxygens (including phenoxy) is 1. The minimum atomic E-state index is -4.63. The molecule has 1 amide bonds. The number of alkyl halides is 3. The summed E-state index contributed by atoms with van der Waals surface area (Å²) in [7, 11) is 0. The van der Waals surface area contributed by atoms with Crippen LogP contribution in [-0.2, 0) is 10.9 Å². The van der Waals surface area contributed by atoms with Gasteiger partial charge in [-0.2, -0.15) is 13.2 Å². The largest absolute Gasteiger partial charge is 0.451 e. The third kappa shape index (κ3) is 3.38. The van der Waals surface area contributed by atoms with Gasteiger partial charge in [0.2, 0.25) is 5.82 Å². The van der Waals surface area contributed by atoms with Crippen LogP contribution in [0.5, 0.6) is 0 Å². The molecule has 1 unspecified atom stereocenters. The van der Waals surface area contributed by atoms with E-state index in [0.29, 0.717) is 19.8 Å². The number of halogens is 3. The van der Waals surface area contributed by atoms with Crippen LogP contribution in [0, 0.1) is 0 Å². The van der Waals surface area contributed by atoms with Crippen LogP contribution in [0.3, 0.4) is 0 Å². The van der Waals surface area contributed by atoms with Gasteiger partial charge in [0.25, 0.3) is 5.91 Å². The highest BCUT2D eigenvalue weighted by Crippen LogP contribution is 2.27. The molecule has 0 N–H and O–H groups in total. The van der Waals surface area contributed by atoms with Gasteiger partial charge in [-0.1, -0.05) is 30.3 Å². The predicted octanol–water partition coefficient (Wildman–Crippen LogP) is 2.71. The molecule has 1 aromatic carbocycles. The quantitative estimate of drug-likeness (QED) is 0.845. The Hall–Kier alpha value is -2.48. The van der Waals surface area contributed by atoms with E-state index in [1.54, 1.807) is 4.90 Å². The molecule has 0 spiro atoms. The number of nitrogens with zero attached hydrogens (tertiary/aromatic N) is 3. The van der Waals surface area contributed by atoms with Crippen molar-refractivity contribution in [1.82, 2.24) is 14.9 Å². The van der Waals surface area contributed by atoms with Crippen molar-refractivity contribution < 1.29 is 22.7 Å². The molecule has 1 fully saturated rings. The Balaban J connectivity index is 1.84. The third-order valence-electron chi connectivity index (χ3n) is 3.73. The smallest absolute Gasteiger partial charge is 0.377 e. The molecule has 1 atom stereocenters. The van der Waals surface area contributed by atoms with E-state index in [-0.39, 0.29) is 11.6 Å². The summed E-state index contributed by atoms with van der Waals surface area (Å²) in [5, 5.41) is 0. The van der Waals surface area contributed by atoms with Gasteiger partial charge in [-0.3, -0.25) is 4.79 Å². The molecule has 0 radical (unpaired) electrons. The first-order valence-corrected chi connectivity index (χ1v) is 7.30. The molecule has 0 aliphatic carbocycles. The zero-order chi connectivity index (χ0) is 17.2. The zero-order valence-electron chi connectivity index (χ0n) is 12.5. The molecule has 1 aromatic heterocycles. The van der Waals surface area contributed by atoms with Crippen LogP contribution in [0.15, 0.2) is 42.7 Å². The lowest BCUT2D eigenvalue weighted by Gasteiger charge is -2.35. The number of morpholine rings is 1. The first-order chi connectivity index (χ1) is 11.5. The Bertz CT molecular complexity index is 705. The van der Waals surface area contributed by atoms with Crippen molar-refractivity contribution >= 4 is 5.91 Å². The zero-order valence-corrected chi connectivity index (χ0v) is 12.5. The number of carbonyl (C=O) groups excluding carboxylic acids is 1. The Morgan fingerprint density at radius 1 is 1.17 bits per heavy atom. The SMILES string of the molecule is O=C(c1cnc(C(F)(F)F)nc1)N1CCOCC1c1ccccc1. The lowest BCUT2D eigenvalue weighted by atomic mass is 10.0. The maximum absolute atomic E-state index is 12.7. The predicted molar refractivity (Wildman–Crippen MR) is 78.1 cm³/mol. The summed E-state index contributed by atoms with van der Waals surface area (Å²) in [5.41, 5.74) is 0.921. The van der Waals surface area contributed by atoms with Crippen LogP contribution in [0.1, 0.15) is 27.8 Å². The number of carbonyl (C=O) groups is 1. The summed E-state index contributed by atoms with van der Waals surface area (Å²) >= 11 is 0. The van der Waals surface area contributed by atoms with Gasteiger partial charge in [-0.05, 0) is 5.56 Å². The molecular formula is C16H14F3N3O2. The lowest BCUT2D eigenvalue weighted by molar-refractivity contribution is -0.145. The van der Waals surface area contributed by atoms with E-state index in [2.05, 4.69) is 9.97 Å². The Morgan fingerprint density at radius 3 is 2.46 bits per heavy atom. The summed E-state index contributed by atoms with van der Waals surface area (Å²) in [5.74, 6) is -1.68. The van der Waals surface area contributed by atoms with E-state index >= 15 is 0 Å². The second-order valence-electron chi connectivity index (χ2n) is 5.29. The maximum atomic E-state index is 12.7. The van der Waals surface area contributed by atoms with Crippen LogP contribution < -0.4 is 0 Å². The van der Waals surface area contributed by atoms with Gasteiger partial charge in [-0.15, -0.1) is 0 Å². The Morgan fingerprint density at radius 2 is 1.83 bits per heavy atom. The molecule has 1 aliphatic heterocycles. The first kappa shape index (κ1) is 16.4. The monoisotopic (exact) mass is 337 g/mol. The Kier molecular flexibility index (Phi) is 4.48. The fourth-order valence-electron chi connectivity index (χ4n) is 2.55. The van der Waals surface area contributed by atoms with Crippen molar-refractivity contribution in [2.24, 2.45) is 0 Å². The van der Waals surface area contributed by atoms with Crippen LogP contribution in [0.25, 0.3) is 0 Å². The second kappa shape index (κ2) is 6.56. The summed E-state index contributed by atoms with van der Waals surface area (Å²) in [4.78, 5) is 20.7. The van der Waals surface area contributed by atoms with Crippen molar-refractivity contribution in [1.29, 1.82) is 0 Å². The summed E-state index contributed by atoms with van der Waals surface area (Å²) in [6.45, 7) is 1.05. The van der Waals surface area contributed by atoms with E-state index in [9.17, 15) is 18.0 Å². The van der Waals surface area contributed by atoms with E-state index in [0.717, 1.165) is 18.0 Å². The van der Waals surface area contributed by atoms with Crippen molar-refractivity contribution in [2.75, 3.05) is 19.8 Å². The van der Waals surface area contributed by atoms with Crippen molar-refractivity contribution in [3.8, 4) is 0 Å². The average molecular weight is 337 g/mol. The maximum Gasteiger partial charge on any atom is 0.451 e. The average Bonchev–Trinajstić information content (AvgIpc) is 2.61. The molecule has 24 heavy (non-hydrogen) atoms. The summed E-state index contributed by atoms with van der Waals surface area (Å²) < 4.78 is 43.0. The van der Waals surface area contributed by atoms with Crippen LogP contribution in [0.4, 0.5) is 13.2 Å². The second-order valence-corrected chi connectivity index (χ2v) is 5.29. The van der Waals surface area contributed by atoms with Gasteiger partial charge in [0.1, 0.15) is 0 Å². The molecular weight excluding hydrogens is 323 g/mol. The van der Waals surface area contributed by atoms with Gasteiger partial charge in [-0.25, -0.2) is 9.97 Å². The van der Waals surface area contributed by atoms with E-state index in [1.807, 2.05) is 30.3 Å². The van der Waals surface area contributed by atoms with E-state index in [4.69, 9.17) is 4.74 Å². The van der Waals surface area contributed by atoms with Gasteiger partial charge >= 0.3 is 6.18 Å². The number of aromatic nitrogens is 2. The number of rotatable bonds is 2. The third-order valence-corrected chi connectivity index (χ3v) is 3.73. The summed E-state index contributed by atoms with van der Waals surface area (Å²) in [6, 6.07) is 9.03. The number of hydrogen-bond acceptors (Lipinski definition) is 4. The molecule has 5 nitrogen and oxygen atoms in total. The Labute approximate surface area is 136 Å². The van der Waals surface area contributed by atoms with Gasteiger partial charge in [0.15, 0.2) is 0 Å². The van der Waals surface area contributed by atoms with Gasteiger partial charge in [0, 0.05) is 18.9 Å². The minimum Gasteiger partial charge on any atom is -0.377 e. The van der Waals surface area contributed by atoms with Crippen molar-refractivity contribution in [3.05, 3.63) is 59.7 Å². The highest BCUT2D eigenvalue weighted by Gasteiger charge is 2.35. The molecule has 0 bridgehead atoms. The van der Waals surface area contributed by atoms with Crippen LogP contribution in [0.2, 0.25) is 0 Å². The molecule has 3 rings (SSSR count). The van der Waals surface area contributed by atoms with Crippen molar-refractivity contribution in [2.45, 2.75) is 12.2 Å². The van der Waals surface area contributed by atoms with Crippen molar-refractivity contribution in [3.63, 3.8) is 0 Å². The molecule has 0 saturated carbocycles. The van der Waals surface area contributed by atoms with E-state index in [1.165, 1.54) is 0 Å². The van der Waals surface area contributed by atoms with Crippen LogP contribution in [-0.4, -0.2) is 40.5 Å². The number of amides is 1. The standard InChI is InChI=1S/C16H14F3N3O2/c17-16(18,19)15-20-8-12(9-21-15)14(23)22-6-7-24-10-13(22)11-4-2-1-3-5-11/h1-5,8-9,13H,6-7,10H2. The topological polar surface area (TPSA) is 55.3 Å². The minimum absolute atomic E-state index is 0.0193. The van der Waals surface area contributed by atoms with Gasteiger partial charge in [0.05, 0.1) is 24.8 Å². The highest BCUT2D eigenvalue weighted by molar-refractivity contribution is 5.94. The molecule has 8 heteroatoms. The molecule has 2 heterocycles. The van der Waals surface area contributed by atoms with Crippen LogP contribution >= 0.6 is 0 Å². The fourth-order valence-corrected chi connectivity index (χ4v) is 2.55. The highest BCUT2D eigenvalue weighted by atomic mass is 19.4. The fraction of sp³-hybridized carbons (Fsp3) is 0.312. The first-order valence-electron chi connectivity index (χ1n) is 7.30. The number of benzene rings is 1. The summed E-state index contributed by atoms with van der Waals surface area (Å²) in [6.07, 6.45) is -2.81. The number of hydrogen-bond donors (Lipinski definition) is 0. The normalized spacial score (nSPS) is 18.5. The molecule has 2 aromatic rings. The molecule has 126 valence electrons. The van der Waals surface area contributed by atoms with E-state index < -0.39 is 17.9 Å². The lowest BCUT2D eigenvalue weighted by Crippen LogP contribution is -2.43. The molecule has 1 aliphatic rings. The molecule has 1 saturated heterocycles. The van der Waals surface area contributed by atoms with Gasteiger partial charge < -0.3 is 9.64 Å².